The Morgan fingerprint density at radius 2 is 1.77 bits per heavy atom. The maximum Gasteiger partial charge on any atom is 0.255 e. The van der Waals surface area contributed by atoms with E-state index in [1.807, 2.05) is 0 Å². The predicted octanol–water partition coefficient (Wildman–Crippen LogP) is 2.76. The second-order valence-corrected chi connectivity index (χ2v) is 6.58. The van der Waals surface area contributed by atoms with Gasteiger partial charge < -0.3 is 5.32 Å². The van der Waals surface area contributed by atoms with E-state index in [4.69, 9.17) is 0 Å². The molecule has 7 heteroatoms. The van der Waals surface area contributed by atoms with Crippen molar-refractivity contribution in [3.8, 4) is 0 Å². The highest BCUT2D eigenvalue weighted by molar-refractivity contribution is 7.92. The molecule has 0 radical (unpaired) electrons. The van der Waals surface area contributed by atoms with Gasteiger partial charge in [-0.1, -0.05) is 18.2 Å². The first kappa shape index (κ1) is 16.0. The molecule has 0 spiro atoms. The minimum absolute atomic E-state index is 0.0543. The predicted molar refractivity (Wildman–Crippen MR) is 84.0 cm³/mol. The Morgan fingerprint density at radius 1 is 1.09 bits per heavy atom. The van der Waals surface area contributed by atoms with Crippen LogP contribution in [0.4, 0.5) is 15.8 Å². The molecular formula is C15H15FN2O3S. The first-order chi connectivity index (χ1) is 10.3. The van der Waals surface area contributed by atoms with Gasteiger partial charge in [0.15, 0.2) is 0 Å². The number of carbonyl (C=O) groups excluding carboxylic acids is 1. The topological polar surface area (TPSA) is 75.3 Å². The quantitative estimate of drug-likeness (QED) is 0.909. The van der Waals surface area contributed by atoms with E-state index in [1.54, 1.807) is 31.2 Å². The summed E-state index contributed by atoms with van der Waals surface area (Å²) in [5.41, 5.74) is 1.34. The summed E-state index contributed by atoms with van der Waals surface area (Å²) in [6, 6.07) is 10.3. The highest BCUT2D eigenvalue weighted by atomic mass is 32.2. The maximum absolute atomic E-state index is 13.4. The summed E-state index contributed by atoms with van der Waals surface area (Å²) in [7, 11) is -3.54. The van der Waals surface area contributed by atoms with Crippen molar-refractivity contribution in [3.63, 3.8) is 0 Å². The summed E-state index contributed by atoms with van der Waals surface area (Å²) in [4.78, 5) is 12.3. The molecule has 0 bridgehead atoms. The molecule has 0 atom stereocenters. The number of amides is 1. The lowest BCUT2D eigenvalue weighted by Crippen LogP contribution is -2.17. The zero-order valence-electron chi connectivity index (χ0n) is 12.1. The van der Waals surface area contributed by atoms with Crippen LogP contribution in [0, 0.1) is 12.7 Å². The first-order valence-electron chi connectivity index (χ1n) is 6.40. The van der Waals surface area contributed by atoms with Crippen molar-refractivity contribution >= 4 is 27.3 Å². The van der Waals surface area contributed by atoms with Gasteiger partial charge in [-0.2, -0.15) is 0 Å². The molecule has 2 aromatic carbocycles. The van der Waals surface area contributed by atoms with Crippen LogP contribution in [-0.4, -0.2) is 20.6 Å². The highest BCUT2D eigenvalue weighted by Crippen LogP contribution is 2.24. The SMILES string of the molecule is Cc1ccccc1C(=O)Nc1cc(F)ccc1NS(C)(=O)=O. The van der Waals surface area contributed by atoms with Crippen LogP contribution in [0.2, 0.25) is 0 Å². The largest absolute Gasteiger partial charge is 0.320 e. The number of sulfonamides is 1. The van der Waals surface area contributed by atoms with Crippen molar-refractivity contribution in [2.75, 3.05) is 16.3 Å². The van der Waals surface area contributed by atoms with Crippen molar-refractivity contribution in [3.05, 3.63) is 59.4 Å². The third kappa shape index (κ3) is 4.05. The van der Waals surface area contributed by atoms with Crippen LogP contribution in [0.5, 0.6) is 0 Å². The van der Waals surface area contributed by atoms with E-state index in [-0.39, 0.29) is 11.4 Å². The summed E-state index contributed by atoms with van der Waals surface area (Å²) >= 11 is 0. The van der Waals surface area contributed by atoms with E-state index < -0.39 is 21.7 Å². The van der Waals surface area contributed by atoms with Crippen LogP contribution in [0.15, 0.2) is 42.5 Å². The normalized spacial score (nSPS) is 11.0. The third-order valence-corrected chi connectivity index (χ3v) is 3.51. The fraction of sp³-hybridized carbons (Fsp3) is 0.133. The Labute approximate surface area is 128 Å². The average Bonchev–Trinajstić information content (AvgIpc) is 2.41. The van der Waals surface area contributed by atoms with Gasteiger partial charge >= 0.3 is 0 Å². The van der Waals surface area contributed by atoms with Gasteiger partial charge in [0, 0.05) is 5.56 Å². The number of aryl methyl sites for hydroxylation is 1. The van der Waals surface area contributed by atoms with Gasteiger partial charge in [0.25, 0.3) is 5.91 Å². The van der Waals surface area contributed by atoms with E-state index >= 15 is 0 Å². The van der Waals surface area contributed by atoms with Crippen LogP contribution < -0.4 is 10.0 Å². The van der Waals surface area contributed by atoms with Crippen LogP contribution in [-0.2, 0) is 10.0 Å². The lowest BCUT2D eigenvalue weighted by molar-refractivity contribution is 0.102. The van der Waals surface area contributed by atoms with E-state index in [2.05, 4.69) is 10.0 Å². The summed E-state index contributed by atoms with van der Waals surface area (Å²) in [5, 5.41) is 2.53. The molecule has 0 aromatic heterocycles. The molecule has 2 rings (SSSR count). The number of benzene rings is 2. The van der Waals surface area contributed by atoms with E-state index in [0.717, 1.165) is 24.0 Å². The van der Waals surface area contributed by atoms with Crippen molar-refractivity contribution in [1.82, 2.24) is 0 Å². The van der Waals surface area contributed by atoms with Gasteiger partial charge in [0.1, 0.15) is 5.82 Å². The van der Waals surface area contributed by atoms with Gasteiger partial charge in [-0.05, 0) is 36.8 Å². The molecule has 116 valence electrons. The number of hydrogen-bond acceptors (Lipinski definition) is 3. The van der Waals surface area contributed by atoms with Crippen LogP contribution >= 0.6 is 0 Å². The zero-order chi connectivity index (χ0) is 16.3. The molecule has 0 aliphatic carbocycles. The van der Waals surface area contributed by atoms with Gasteiger partial charge in [0.05, 0.1) is 17.6 Å². The Balaban J connectivity index is 2.34. The monoisotopic (exact) mass is 322 g/mol. The summed E-state index contributed by atoms with van der Waals surface area (Å²) < 4.78 is 38.3. The number of anilines is 2. The Hall–Kier alpha value is -2.41. The Morgan fingerprint density at radius 3 is 2.41 bits per heavy atom. The van der Waals surface area contributed by atoms with Gasteiger partial charge in [0.2, 0.25) is 10.0 Å². The Kier molecular flexibility index (Phi) is 4.46. The zero-order valence-corrected chi connectivity index (χ0v) is 12.9. The fourth-order valence-electron chi connectivity index (χ4n) is 1.93. The second-order valence-electron chi connectivity index (χ2n) is 4.83. The number of halogens is 1. The summed E-state index contributed by atoms with van der Waals surface area (Å²) in [6.07, 6.45) is 0.975. The first-order valence-corrected chi connectivity index (χ1v) is 8.30. The second kappa shape index (κ2) is 6.15. The molecule has 22 heavy (non-hydrogen) atoms. The molecule has 0 saturated carbocycles. The summed E-state index contributed by atoms with van der Waals surface area (Å²) in [5.74, 6) is -1.03. The molecule has 0 aliphatic rings. The van der Waals surface area contributed by atoms with Gasteiger partial charge in [-0.15, -0.1) is 0 Å². The minimum Gasteiger partial charge on any atom is -0.320 e. The highest BCUT2D eigenvalue weighted by Gasteiger charge is 2.14. The number of carbonyl (C=O) groups is 1. The van der Waals surface area contributed by atoms with Crippen LogP contribution in [0.25, 0.3) is 0 Å². The van der Waals surface area contributed by atoms with Crippen LogP contribution in [0.1, 0.15) is 15.9 Å². The molecular weight excluding hydrogens is 307 g/mol. The molecule has 0 fully saturated rings. The molecule has 0 unspecified atom stereocenters. The van der Waals surface area contributed by atoms with E-state index in [9.17, 15) is 17.6 Å². The molecule has 5 nitrogen and oxygen atoms in total. The number of hydrogen-bond donors (Lipinski definition) is 2. The Bertz CT molecular complexity index is 819. The van der Waals surface area contributed by atoms with Crippen LogP contribution in [0.3, 0.4) is 0 Å². The van der Waals surface area contributed by atoms with E-state index in [1.165, 1.54) is 6.07 Å². The molecule has 2 aromatic rings. The van der Waals surface area contributed by atoms with Crippen molar-refractivity contribution < 1.29 is 17.6 Å². The molecule has 2 N–H and O–H groups in total. The lowest BCUT2D eigenvalue weighted by Gasteiger charge is -2.13. The fourth-order valence-corrected chi connectivity index (χ4v) is 2.50. The smallest absolute Gasteiger partial charge is 0.255 e. The van der Waals surface area contributed by atoms with E-state index in [0.29, 0.717) is 5.56 Å². The molecule has 1 amide bonds. The van der Waals surface area contributed by atoms with Crippen molar-refractivity contribution in [2.45, 2.75) is 6.92 Å². The molecule has 0 aliphatic heterocycles. The molecule has 0 heterocycles. The maximum atomic E-state index is 13.4. The standard InChI is InChI=1S/C15H15FN2O3S/c1-10-5-3-4-6-12(10)15(19)17-14-9-11(16)7-8-13(14)18-22(2,20)21/h3-9,18H,1-2H3,(H,17,19). The number of rotatable bonds is 4. The van der Waals surface area contributed by atoms with Gasteiger partial charge in [-0.25, -0.2) is 12.8 Å². The van der Waals surface area contributed by atoms with Crippen molar-refractivity contribution in [2.24, 2.45) is 0 Å². The van der Waals surface area contributed by atoms with Gasteiger partial charge in [-0.3, -0.25) is 9.52 Å². The van der Waals surface area contributed by atoms with Crippen molar-refractivity contribution in [1.29, 1.82) is 0 Å². The summed E-state index contributed by atoms with van der Waals surface area (Å²) in [6.45, 7) is 1.77. The average molecular weight is 322 g/mol. The number of nitrogens with one attached hydrogen (secondary N) is 2. The third-order valence-electron chi connectivity index (χ3n) is 2.91. The molecule has 0 saturated heterocycles. The lowest BCUT2D eigenvalue weighted by atomic mass is 10.1. The minimum atomic E-state index is -3.54.